The smallest absolute Gasteiger partial charge is 0.259 e. The zero-order valence-electron chi connectivity index (χ0n) is 16.6. The van der Waals surface area contributed by atoms with Crippen molar-refractivity contribution >= 4 is 45.0 Å². The molecule has 0 atom stereocenters. The van der Waals surface area contributed by atoms with E-state index in [0.29, 0.717) is 42.0 Å². The number of furan rings is 1. The number of benzene rings is 2. The second-order valence-electron chi connectivity index (χ2n) is 7.89. The lowest BCUT2D eigenvalue weighted by Crippen LogP contribution is -2.18. The molecule has 0 radical (unpaired) electrons. The zero-order valence-corrected chi connectivity index (χ0v) is 17.4. The summed E-state index contributed by atoms with van der Waals surface area (Å²) >= 11 is 1.73. The second kappa shape index (κ2) is 7.03. The molecule has 0 bridgehead atoms. The number of anilines is 1. The fourth-order valence-corrected chi connectivity index (χ4v) is 5.52. The topological polar surface area (TPSA) is 71.7 Å². The summed E-state index contributed by atoms with van der Waals surface area (Å²) in [5.74, 6) is 0.276. The van der Waals surface area contributed by atoms with Crippen molar-refractivity contribution in [3.05, 3.63) is 76.7 Å². The maximum absolute atomic E-state index is 13.0. The number of hydrogen-bond donors (Lipinski definition) is 1. The molecule has 0 saturated carbocycles. The Morgan fingerprint density at radius 1 is 1.13 bits per heavy atom. The highest BCUT2D eigenvalue weighted by Crippen LogP contribution is 2.39. The van der Waals surface area contributed by atoms with Crippen LogP contribution in [0.2, 0.25) is 0 Å². The number of hydrogen-bond acceptors (Lipinski definition) is 5. The molecule has 3 heterocycles. The van der Waals surface area contributed by atoms with E-state index in [1.54, 1.807) is 11.3 Å². The van der Waals surface area contributed by atoms with Gasteiger partial charge in [0.25, 0.3) is 5.91 Å². The van der Waals surface area contributed by atoms with Gasteiger partial charge in [0.2, 0.25) is 0 Å². The van der Waals surface area contributed by atoms with Crippen molar-refractivity contribution in [3.63, 3.8) is 0 Å². The van der Waals surface area contributed by atoms with Crippen molar-refractivity contribution in [2.45, 2.75) is 25.8 Å². The maximum Gasteiger partial charge on any atom is 0.259 e. The summed E-state index contributed by atoms with van der Waals surface area (Å²) in [4.78, 5) is 31.0. The summed E-state index contributed by atoms with van der Waals surface area (Å²) in [6, 6.07) is 14.4. The monoisotopic (exact) mass is 426 g/mol. The van der Waals surface area contributed by atoms with E-state index in [0.717, 1.165) is 22.4 Å². The molecular formula is C25H18N2O3S. The maximum atomic E-state index is 13.0. The van der Waals surface area contributed by atoms with Crippen LogP contribution < -0.4 is 5.32 Å². The number of carbonyl (C=O) groups is 2. The van der Waals surface area contributed by atoms with Crippen LogP contribution in [0.15, 0.2) is 58.1 Å². The fraction of sp³-hybridized carbons (Fsp3) is 0.160. The zero-order chi connectivity index (χ0) is 20.9. The van der Waals surface area contributed by atoms with Crippen molar-refractivity contribution < 1.29 is 14.0 Å². The minimum atomic E-state index is -0.322. The first kappa shape index (κ1) is 18.3. The van der Waals surface area contributed by atoms with Gasteiger partial charge in [-0.1, -0.05) is 18.2 Å². The number of ketones is 1. The van der Waals surface area contributed by atoms with Crippen LogP contribution in [-0.4, -0.2) is 17.9 Å². The Bertz CT molecular complexity index is 1380. The summed E-state index contributed by atoms with van der Waals surface area (Å²) in [6.07, 6.45) is 5.18. The van der Waals surface area contributed by atoms with Crippen LogP contribution in [0, 0.1) is 0 Å². The normalized spacial score (nSPS) is 14.6. The van der Waals surface area contributed by atoms with Gasteiger partial charge in [0.15, 0.2) is 5.78 Å². The quantitative estimate of drug-likeness (QED) is 0.446. The Hall–Kier alpha value is -3.51. The van der Waals surface area contributed by atoms with Gasteiger partial charge in [-0.2, -0.15) is 0 Å². The number of rotatable bonds is 3. The van der Waals surface area contributed by atoms with E-state index in [2.05, 4.69) is 28.5 Å². The minimum Gasteiger partial charge on any atom is -0.468 e. The van der Waals surface area contributed by atoms with E-state index in [-0.39, 0.29) is 11.7 Å². The molecule has 0 saturated heterocycles. The third-order valence-corrected chi connectivity index (χ3v) is 7.06. The number of aryl methyl sites for hydroxylation is 1. The molecule has 2 aromatic heterocycles. The van der Waals surface area contributed by atoms with Gasteiger partial charge in [0.1, 0.15) is 12.0 Å². The van der Waals surface area contributed by atoms with Crippen molar-refractivity contribution in [2.75, 3.05) is 5.32 Å². The molecule has 4 aromatic rings. The lowest BCUT2D eigenvalue weighted by Gasteiger charge is -2.12. The van der Waals surface area contributed by atoms with Crippen LogP contribution in [0.4, 0.5) is 5.69 Å². The Kier molecular flexibility index (Phi) is 4.14. The summed E-state index contributed by atoms with van der Waals surface area (Å²) in [5.41, 5.74) is 4.70. The molecule has 0 fully saturated rings. The predicted octanol–water partition coefficient (Wildman–Crippen LogP) is 5.87. The standard InChI is InChI=1S/C25H18N2O3S/c28-20-5-3-6-21-24(20)19(13-30-21)25(29)27-16-8-15-11-26-12-18(15)17(10-16)23-9-14-4-1-2-7-22(14)31-23/h1-2,4,7-11,13H,3,5-6,12H2,(H,27,29). The highest BCUT2D eigenvalue weighted by Gasteiger charge is 2.28. The largest absolute Gasteiger partial charge is 0.468 e. The molecule has 6 rings (SSSR count). The molecule has 2 aliphatic rings. The summed E-state index contributed by atoms with van der Waals surface area (Å²) in [5, 5.41) is 4.18. The summed E-state index contributed by atoms with van der Waals surface area (Å²) in [7, 11) is 0. The number of aliphatic imine (C=N–C) groups is 1. The Balaban J connectivity index is 1.39. The van der Waals surface area contributed by atoms with Crippen LogP contribution in [0.1, 0.15) is 50.4 Å². The molecule has 31 heavy (non-hydrogen) atoms. The highest BCUT2D eigenvalue weighted by molar-refractivity contribution is 7.22. The molecule has 1 amide bonds. The van der Waals surface area contributed by atoms with Crippen molar-refractivity contribution in [3.8, 4) is 10.4 Å². The highest BCUT2D eigenvalue weighted by atomic mass is 32.1. The Labute approximate surface area is 182 Å². The third kappa shape index (κ3) is 3.02. The number of fused-ring (bicyclic) bond motifs is 3. The van der Waals surface area contributed by atoms with Gasteiger partial charge in [-0.05, 0) is 47.2 Å². The van der Waals surface area contributed by atoms with Gasteiger partial charge in [-0.25, -0.2) is 0 Å². The fourth-order valence-electron chi connectivity index (χ4n) is 4.42. The summed E-state index contributed by atoms with van der Waals surface area (Å²) in [6.45, 7) is 0.636. The Morgan fingerprint density at radius 3 is 2.94 bits per heavy atom. The van der Waals surface area contributed by atoms with Crippen LogP contribution in [0.25, 0.3) is 20.5 Å². The molecule has 2 aromatic carbocycles. The van der Waals surface area contributed by atoms with Crippen molar-refractivity contribution in [1.82, 2.24) is 0 Å². The van der Waals surface area contributed by atoms with Crippen LogP contribution in [0.5, 0.6) is 0 Å². The molecule has 152 valence electrons. The SMILES string of the molecule is O=C(Nc1cc2c(c(-c3cc4ccccc4s3)c1)CN=C2)c1coc2c1C(=O)CCC2. The lowest BCUT2D eigenvalue weighted by atomic mass is 9.94. The van der Waals surface area contributed by atoms with Gasteiger partial charge in [-0.15, -0.1) is 11.3 Å². The average molecular weight is 426 g/mol. The van der Waals surface area contributed by atoms with Crippen LogP contribution in [0.3, 0.4) is 0 Å². The predicted molar refractivity (Wildman–Crippen MR) is 122 cm³/mol. The number of thiophene rings is 1. The molecular weight excluding hydrogens is 408 g/mol. The van der Waals surface area contributed by atoms with E-state index < -0.39 is 0 Å². The third-order valence-electron chi connectivity index (χ3n) is 5.91. The average Bonchev–Trinajstić information content (AvgIpc) is 3.50. The number of carbonyl (C=O) groups excluding carboxylic acids is 2. The minimum absolute atomic E-state index is 0.0211. The molecule has 1 N–H and O–H groups in total. The number of nitrogens with zero attached hydrogens (tertiary/aromatic N) is 1. The molecule has 0 spiro atoms. The van der Waals surface area contributed by atoms with Gasteiger partial charge < -0.3 is 9.73 Å². The van der Waals surface area contributed by atoms with Gasteiger partial charge >= 0.3 is 0 Å². The molecule has 6 heteroatoms. The van der Waals surface area contributed by atoms with Gasteiger partial charge in [-0.3, -0.25) is 14.6 Å². The molecule has 5 nitrogen and oxygen atoms in total. The number of amides is 1. The van der Waals surface area contributed by atoms with E-state index >= 15 is 0 Å². The van der Waals surface area contributed by atoms with Crippen molar-refractivity contribution in [1.29, 1.82) is 0 Å². The number of Topliss-reactive ketones (excluding diaryl/α,β-unsaturated/α-hetero) is 1. The van der Waals surface area contributed by atoms with Gasteiger partial charge in [0, 0.05) is 39.9 Å². The first-order chi connectivity index (χ1) is 15.2. The first-order valence-corrected chi connectivity index (χ1v) is 11.1. The van der Waals surface area contributed by atoms with Gasteiger partial charge in [0.05, 0.1) is 17.7 Å². The Morgan fingerprint density at radius 2 is 2.03 bits per heavy atom. The van der Waals surface area contributed by atoms with E-state index in [4.69, 9.17) is 4.42 Å². The second-order valence-corrected chi connectivity index (χ2v) is 8.97. The summed E-state index contributed by atoms with van der Waals surface area (Å²) < 4.78 is 6.74. The van der Waals surface area contributed by atoms with Crippen LogP contribution in [-0.2, 0) is 13.0 Å². The number of nitrogens with one attached hydrogen (secondary N) is 1. The molecule has 1 aliphatic heterocycles. The molecule has 1 aliphatic carbocycles. The van der Waals surface area contributed by atoms with E-state index in [1.807, 2.05) is 30.5 Å². The first-order valence-electron chi connectivity index (χ1n) is 10.3. The van der Waals surface area contributed by atoms with Crippen molar-refractivity contribution in [2.24, 2.45) is 4.99 Å². The van der Waals surface area contributed by atoms with E-state index in [1.165, 1.54) is 21.9 Å². The van der Waals surface area contributed by atoms with Crippen LogP contribution >= 0.6 is 11.3 Å². The molecule has 0 unspecified atom stereocenters. The van der Waals surface area contributed by atoms with E-state index in [9.17, 15) is 9.59 Å². The lowest BCUT2D eigenvalue weighted by molar-refractivity contribution is 0.0955.